The Hall–Kier alpha value is -5.39. The normalized spacial score (nSPS) is 12.3. The molecule has 2 aromatic heterocycles. The third-order valence-corrected chi connectivity index (χ3v) is 9.23. The maximum atomic E-state index is 6.53. The average molecular weight is 573 g/mol. The van der Waals surface area contributed by atoms with Crippen molar-refractivity contribution in [2.45, 2.75) is 9.79 Å². The number of rotatable bonds is 4. The highest BCUT2D eigenvalue weighted by Crippen LogP contribution is 2.52. The van der Waals surface area contributed by atoms with E-state index in [4.69, 9.17) is 9.15 Å². The minimum absolute atomic E-state index is 0.857. The predicted octanol–water partition coefficient (Wildman–Crippen LogP) is 11.2. The number of anilines is 2. The molecule has 0 bridgehead atoms. The number of fused-ring (bicyclic) bond motifs is 6. The van der Waals surface area contributed by atoms with E-state index in [0.29, 0.717) is 0 Å². The van der Waals surface area contributed by atoms with Gasteiger partial charge in [-0.15, -0.1) is 0 Å². The number of aromatic nitrogens is 1. The van der Waals surface area contributed by atoms with Gasteiger partial charge in [0.1, 0.15) is 22.7 Å². The molecular formula is C38H24N2O2S. The van der Waals surface area contributed by atoms with Gasteiger partial charge in [-0.2, -0.15) is 0 Å². The highest BCUT2D eigenvalue weighted by atomic mass is 32.2. The molecule has 1 N–H and O–H groups in total. The summed E-state index contributed by atoms with van der Waals surface area (Å²) in [4.78, 5) is 2.19. The standard InChI is InChI=1S/C38H24N2O2S/c1-2-9-27(10-3-1)40-20-19-24-17-18-25(23-32(24)40)39-26-21-30-28-11-4-5-13-33(28)42-37(30)31(22-26)29-12-8-15-35-38(29)43-36-16-7-6-14-34(36)41-35/h1-23,39H. The van der Waals surface area contributed by atoms with E-state index in [9.17, 15) is 0 Å². The number of benzene rings is 6. The van der Waals surface area contributed by atoms with Gasteiger partial charge >= 0.3 is 0 Å². The first-order chi connectivity index (χ1) is 21.3. The summed E-state index contributed by atoms with van der Waals surface area (Å²) >= 11 is 1.74. The molecule has 5 heteroatoms. The Morgan fingerprint density at radius 2 is 1.44 bits per heavy atom. The van der Waals surface area contributed by atoms with Crippen molar-refractivity contribution in [3.63, 3.8) is 0 Å². The Labute approximate surface area is 252 Å². The summed E-state index contributed by atoms with van der Waals surface area (Å²) in [6, 6.07) is 46.2. The molecule has 43 heavy (non-hydrogen) atoms. The van der Waals surface area contributed by atoms with Crippen LogP contribution in [0.5, 0.6) is 11.5 Å². The molecule has 8 aromatic rings. The average Bonchev–Trinajstić information content (AvgIpc) is 3.65. The number of ether oxygens (including phenoxy) is 1. The monoisotopic (exact) mass is 572 g/mol. The highest BCUT2D eigenvalue weighted by molar-refractivity contribution is 7.99. The summed E-state index contributed by atoms with van der Waals surface area (Å²) in [7, 11) is 0. The quantitative estimate of drug-likeness (QED) is 0.228. The van der Waals surface area contributed by atoms with Gasteiger partial charge in [-0.25, -0.2) is 0 Å². The van der Waals surface area contributed by atoms with Crippen molar-refractivity contribution in [2.24, 2.45) is 0 Å². The summed E-state index contributed by atoms with van der Waals surface area (Å²) < 4.78 is 15.1. The first-order valence-corrected chi connectivity index (χ1v) is 15.1. The molecule has 0 saturated carbocycles. The molecule has 1 aliphatic rings. The number of hydrogen-bond donors (Lipinski definition) is 1. The lowest BCUT2D eigenvalue weighted by molar-refractivity contribution is 0.455. The van der Waals surface area contributed by atoms with Crippen LogP contribution in [0.1, 0.15) is 0 Å². The van der Waals surface area contributed by atoms with Gasteiger partial charge < -0.3 is 19.0 Å². The van der Waals surface area contributed by atoms with Gasteiger partial charge in [0.05, 0.1) is 15.3 Å². The molecule has 204 valence electrons. The summed E-state index contributed by atoms with van der Waals surface area (Å²) in [6.07, 6.45) is 2.13. The molecule has 0 radical (unpaired) electrons. The fraction of sp³-hybridized carbons (Fsp3) is 0. The largest absolute Gasteiger partial charge is 0.455 e. The lowest BCUT2D eigenvalue weighted by Crippen LogP contribution is -1.97. The summed E-state index contributed by atoms with van der Waals surface area (Å²) in [5.41, 5.74) is 8.14. The van der Waals surface area contributed by atoms with Gasteiger partial charge in [-0.05, 0) is 66.7 Å². The fourth-order valence-electron chi connectivity index (χ4n) is 6.05. The van der Waals surface area contributed by atoms with Crippen LogP contribution in [-0.4, -0.2) is 4.57 Å². The Kier molecular flexibility index (Phi) is 5.40. The minimum atomic E-state index is 0.857. The second-order valence-electron chi connectivity index (χ2n) is 10.7. The van der Waals surface area contributed by atoms with Crippen LogP contribution in [-0.2, 0) is 0 Å². The van der Waals surface area contributed by atoms with E-state index in [1.54, 1.807) is 11.8 Å². The number of nitrogens with zero attached hydrogens (tertiary/aromatic N) is 1. The van der Waals surface area contributed by atoms with Gasteiger partial charge in [0.2, 0.25) is 0 Å². The zero-order valence-corrected chi connectivity index (χ0v) is 23.8. The molecule has 0 amide bonds. The first-order valence-electron chi connectivity index (χ1n) is 14.3. The van der Waals surface area contributed by atoms with Crippen molar-refractivity contribution >= 4 is 56.0 Å². The van der Waals surface area contributed by atoms with Crippen molar-refractivity contribution in [1.29, 1.82) is 0 Å². The van der Waals surface area contributed by atoms with Crippen LogP contribution in [0.25, 0.3) is 49.7 Å². The topological polar surface area (TPSA) is 39.3 Å². The van der Waals surface area contributed by atoms with Crippen LogP contribution in [0.4, 0.5) is 11.4 Å². The molecule has 3 heterocycles. The molecule has 0 spiro atoms. The third kappa shape index (κ3) is 4.01. The van der Waals surface area contributed by atoms with Crippen molar-refractivity contribution in [2.75, 3.05) is 5.32 Å². The molecule has 6 aromatic carbocycles. The highest BCUT2D eigenvalue weighted by Gasteiger charge is 2.24. The molecule has 1 aliphatic heterocycles. The van der Waals surface area contributed by atoms with Gasteiger partial charge in [-0.3, -0.25) is 0 Å². The summed E-state index contributed by atoms with van der Waals surface area (Å²) in [5.74, 6) is 1.74. The van der Waals surface area contributed by atoms with Crippen molar-refractivity contribution in [3.05, 3.63) is 140 Å². The Balaban J connectivity index is 1.21. The van der Waals surface area contributed by atoms with Crippen LogP contribution in [0, 0.1) is 0 Å². The Morgan fingerprint density at radius 1 is 0.605 bits per heavy atom. The Bertz CT molecular complexity index is 2330. The second kappa shape index (κ2) is 9.58. The van der Waals surface area contributed by atoms with Crippen LogP contribution in [0.3, 0.4) is 0 Å². The maximum Gasteiger partial charge on any atom is 0.143 e. The van der Waals surface area contributed by atoms with Gasteiger partial charge in [-0.1, -0.05) is 78.5 Å². The van der Waals surface area contributed by atoms with Crippen molar-refractivity contribution in [3.8, 4) is 28.3 Å². The van der Waals surface area contributed by atoms with E-state index in [-0.39, 0.29) is 0 Å². The van der Waals surface area contributed by atoms with E-state index >= 15 is 0 Å². The van der Waals surface area contributed by atoms with Crippen LogP contribution < -0.4 is 10.1 Å². The molecule has 0 fully saturated rings. The van der Waals surface area contributed by atoms with Gasteiger partial charge in [0, 0.05) is 50.5 Å². The zero-order chi connectivity index (χ0) is 28.3. The van der Waals surface area contributed by atoms with Gasteiger partial charge in [0.25, 0.3) is 0 Å². The minimum Gasteiger partial charge on any atom is -0.455 e. The molecule has 0 atom stereocenters. The van der Waals surface area contributed by atoms with E-state index in [0.717, 1.165) is 76.9 Å². The van der Waals surface area contributed by atoms with E-state index < -0.39 is 0 Å². The lowest BCUT2D eigenvalue weighted by Gasteiger charge is -2.22. The van der Waals surface area contributed by atoms with Crippen molar-refractivity contribution in [1.82, 2.24) is 4.57 Å². The smallest absolute Gasteiger partial charge is 0.143 e. The van der Waals surface area contributed by atoms with E-state index in [1.807, 2.05) is 36.4 Å². The van der Waals surface area contributed by atoms with Crippen molar-refractivity contribution < 1.29 is 9.15 Å². The molecule has 0 aliphatic carbocycles. The first kappa shape index (κ1) is 24.2. The van der Waals surface area contributed by atoms with E-state index in [1.165, 1.54) is 5.39 Å². The SMILES string of the molecule is c1ccc(-n2ccc3ccc(Nc4cc(-c5cccc6c5Sc5ccccc5O6)c5oc6ccccc6c5c4)cc32)cc1. The summed E-state index contributed by atoms with van der Waals surface area (Å²) in [6.45, 7) is 0. The predicted molar refractivity (Wildman–Crippen MR) is 176 cm³/mol. The number of furan rings is 1. The fourth-order valence-corrected chi connectivity index (χ4v) is 7.12. The second-order valence-corrected chi connectivity index (χ2v) is 11.8. The Morgan fingerprint density at radius 3 is 2.40 bits per heavy atom. The number of nitrogens with one attached hydrogen (secondary N) is 1. The van der Waals surface area contributed by atoms with E-state index in [2.05, 4.69) is 113 Å². The lowest BCUT2D eigenvalue weighted by atomic mass is 10.0. The molecule has 4 nitrogen and oxygen atoms in total. The van der Waals surface area contributed by atoms with Crippen LogP contribution in [0.2, 0.25) is 0 Å². The van der Waals surface area contributed by atoms with Gasteiger partial charge in [0.15, 0.2) is 0 Å². The summed E-state index contributed by atoms with van der Waals surface area (Å²) in [5, 5.41) is 7.08. The molecule has 0 unspecified atom stereocenters. The number of para-hydroxylation sites is 3. The van der Waals surface area contributed by atoms with Crippen LogP contribution in [0.15, 0.2) is 154 Å². The third-order valence-electron chi connectivity index (χ3n) is 8.04. The molecule has 9 rings (SSSR count). The van der Waals surface area contributed by atoms with Crippen LogP contribution >= 0.6 is 11.8 Å². The number of hydrogen-bond acceptors (Lipinski definition) is 4. The maximum absolute atomic E-state index is 6.53. The zero-order valence-electron chi connectivity index (χ0n) is 23.0. The molecule has 0 saturated heterocycles. The molecular weight excluding hydrogens is 548 g/mol.